The summed E-state index contributed by atoms with van der Waals surface area (Å²) in [5, 5.41) is -0.162. The summed E-state index contributed by atoms with van der Waals surface area (Å²) in [4.78, 5) is 12.1. The first-order valence-corrected chi connectivity index (χ1v) is 10.7. The van der Waals surface area contributed by atoms with Crippen LogP contribution in [0.3, 0.4) is 0 Å². The SMILES string of the molecule is CCC(=O)OC1(c2cc(Cl)c(OCC(F)(F)F)c(-c3ccc(C(F)(F)F)cc3)c2)CCCC1. The highest BCUT2D eigenvalue weighted by Gasteiger charge is 2.40. The van der Waals surface area contributed by atoms with Gasteiger partial charge in [0.1, 0.15) is 11.4 Å². The molecule has 0 aromatic heterocycles. The van der Waals surface area contributed by atoms with Crippen LogP contribution in [-0.4, -0.2) is 18.8 Å². The van der Waals surface area contributed by atoms with Crippen molar-refractivity contribution in [2.75, 3.05) is 6.61 Å². The molecule has 0 N–H and O–H groups in total. The summed E-state index contributed by atoms with van der Waals surface area (Å²) < 4.78 is 88.0. The van der Waals surface area contributed by atoms with Gasteiger partial charge in [0, 0.05) is 12.0 Å². The average Bonchev–Trinajstić information content (AvgIpc) is 3.20. The van der Waals surface area contributed by atoms with Gasteiger partial charge in [-0.05, 0) is 61.1 Å². The lowest BCUT2D eigenvalue weighted by molar-refractivity contribution is -0.160. The molecule has 10 heteroatoms. The van der Waals surface area contributed by atoms with Crippen molar-refractivity contribution >= 4 is 17.6 Å². The van der Waals surface area contributed by atoms with Gasteiger partial charge in [-0.25, -0.2) is 0 Å². The van der Waals surface area contributed by atoms with Gasteiger partial charge in [0.2, 0.25) is 0 Å². The van der Waals surface area contributed by atoms with Crippen LogP contribution in [0.4, 0.5) is 26.3 Å². The molecule has 1 aliphatic rings. The molecule has 0 atom stereocenters. The maximum Gasteiger partial charge on any atom is 0.422 e. The molecule has 0 radical (unpaired) electrons. The summed E-state index contributed by atoms with van der Waals surface area (Å²) in [5.74, 6) is -0.756. The smallest absolute Gasteiger partial charge is 0.422 e. The Kier molecular flexibility index (Phi) is 7.21. The molecule has 0 saturated heterocycles. The van der Waals surface area contributed by atoms with Crippen LogP contribution < -0.4 is 4.74 Å². The van der Waals surface area contributed by atoms with Crippen LogP contribution in [0.25, 0.3) is 11.1 Å². The first kappa shape index (κ1) is 25.2. The van der Waals surface area contributed by atoms with Gasteiger partial charge in [0.15, 0.2) is 6.61 Å². The lowest BCUT2D eigenvalue weighted by Gasteiger charge is -2.31. The van der Waals surface area contributed by atoms with Crippen LogP contribution in [0.1, 0.15) is 50.2 Å². The van der Waals surface area contributed by atoms with Crippen molar-refractivity contribution in [3.8, 4) is 16.9 Å². The Hall–Kier alpha value is -2.42. The summed E-state index contributed by atoms with van der Waals surface area (Å²) in [6, 6.07) is 6.80. The van der Waals surface area contributed by atoms with Crippen molar-refractivity contribution in [1.82, 2.24) is 0 Å². The zero-order chi connectivity index (χ0) is 24.4. The maximum atomic E-state index is 13.0. The highest BCUT2D eigenvalue weighted by Crippen LogP contribution is 2.47. The highest BCUT2D eigenvalue weighted by molar-refractivity contribution is 6.32. The van der Waals surface area contributed by atoms with Crippen LogP contribution >= 0.6 is 11.6 Å². The fraction of sp³-hybridized carbons (Fsp3) is 0.435. The Bertz CT molecular complexity index is 993. The molecule has 1 fully saturated rings. The van der Waals surface area contributed by atoms with Gasteiger partial charge in [-0.2, -0.15) is 26.3 Å². The van der Waals surface area contributed by atoms with Gasteiger partial charge in [-0.3, -0.25) is 4.79 Å². The van der Waals surface area contributed by atoms with E-state index >= 15 is 0 Å². The second kappa shape index (κ2) is 9.44. The Balaban J connectivity index is 2.13. The molecule has 0 aliphatic heterocycles. The van der Waals surface area contributed by atoms with E-state index in [-0.39, 0.29) is 28.3 Å². The summed E-state index contributed by atoms with van der Waals surface area (Å²) in [6.07, 6.45) is -6.59. The number of rotatable bonds is 6. The second-order valence-corrected chi connectivity index (χ2v) is 8.25. The third-order valence-electron chi connectivity index (χ3n) is 5.48. The molecule has 2 aromatic carbocycles. The molecule has 180 valence electrons. The van der Waals surface area contributed by atoms with Crippen molar-refractivity contribution in [3.05, 3.63) is 52.5 Å². The van der Waals surface area contributed by atoms with Crippen LogP contribution in [0.2, 0.25) is 5.02 Å². The minimum atomic E-state index is -4.65. The third kappa shape index (κ3) is 5.93. The lowest BCUT2D eigenvalue weighted by Crippen LogP contribution is -2.29. The van der Waals surface area contributed by atoms with E-state index in [1.54, 1.807) is 6.92 Å². The molecule has 33 heavy (non-hydrogen) atoms. The highest BCUT2D eigenvalue weighted by atomic mass is 35.5. The number of halogens is 7. The van der Waals surface area contributed by atoms with Crippen LogP contribution in [0, 0.1) is 0 Å². The predicted molar refractivity (Wildman–Crippen MR) is 110 cm³/mol. The minimum absolute atomic E-state index is 0.0781. The fourth-order valence-electron chi connectivity index (χ4n) is 3.90. The van der Waals surface area contributed by atoms with E-state index in [1.807, 2.05) is 0 Å². The molecular weight excluding hydrogens is 474 g/mol. The zero-order valence-corrected chi connectivity index (χ0v) is 18.3. The van der Waals surface area contributed by atoms with Gasteiger partial charge in [0.05, 0.1) is 10.6 Å². The number of esters is 1. The van der Waals surface area contributed by atoms with E-state index in [2.05, 4.69) is 0 Å². The van der Waals surface area contributed by atoms with E-state index in [0.717, 1.165) is 37.1 Å². The third-order valence-corrected chi connectivity index (χ3v) is 5.76. The molecule has 3 rings (SSSR count). The molecule has 2 aromatic rings. The summed E-state index contributed by atoms with van der Waals surface area (Å²) in [5.41, 5.74) is -1.20. The summed E-state index contributed by atoms with van der Waals surface area (Å²) in [6.45, 7) is 0.00926. The normalized spacial score (nSPS) is 16.0. The quantitative estimate of drug-likeness (QED) is 0.305. The van der Waals surface area contributed by atoms with Gasteiger partial charge in [-0.1, -0.05) is 30.7 Å². The second-order valence-electron chi connectivity index (χ2n) is 7.84. The van der Waals surface area contributed by atoms with Crippen LogP contribution in [0.5, 0.6) is 5.75 Å². The van der Waals surface area contributed by atoms with E-state index < -0.39 is 36.1 Å². The van der Waals surface area contributed by atoms with E-state index in [4.69, 9.17) is 21.1 Å². The average molecular weight is 495 g/mol. The van der Waals surface area contributed by atoms with Crippen molar-refractivity contribution in [2.45, 2.75) is 57.0 Å². The van der Waals surface area contributed by atoms with E-state index in [9.17, 15) is 31.1 Å². The van der Waals surface area contributed by atoms with Crippen molar-refractivity contribution in [1.29, 1.82) is 0 Å². The van der Waals surface area contributed by atoms with Gasteiger partial charge in [0.25, 0.3) is 0 Å². The van der Waals surface area contributed by atoms with E-state index in [0.29, 0.717) is 18.4 Å². The molecule has 1 saturated carbocycles. The summed E-state index contributed by atoms with van der Waals surface area (Å²) >= 11 is 6.32. The maximum absolute atomic E-state index is 13.0. The number of carbonyl (C=O) groups is 1. The number of ether oxygens (including phenoxy) is 2. The summed E-state index contributed by atoms with van der Waals surface area (Å²) in [7, 11) is 0. The number of hydrogen-bond acceptors (Lipinski definition) is 3. The van der Waals surface area contributed by atoms with Crippen molar-refractivity contribution in [3.63, 3.8) is 0 Å². The Morgan fingerprint density at radius 1 is 1.03 bits per heavy atom. The minimum Gasteiger partial charge on any atom is -0.482 e. The standard InChI is InChI=1S/C23H21ClF6O3/c1-2-19(31)33-21(9-3-4-10-21)16-11-17(14-5-7-15(8-6-14)23(28,29)30)20(18(24)12-16)32-13-22(25,26)27/h5-8,11-12H,2-4,9-10,13H2,1H3. The molecule has 3 nitrogen and oxygen atoms in total. The van der Waals surface area contributed by atoms with Gasteiger partial charge in [-0.15, -0.1) is 0 Å². The lowest BCUT2D eigenvalue weighted by atomic mass is 9.88. The molecule has 0 spiro atoms. The first-order valence-electron chi connectivity index (χ1n) is 10.3. The van der Waals surface area contributed by atoms with Gasteiger partial charge >= 0.3 is 18.3 Å². The largest absolute Gasteiger partial charge is 0.482 e. The monoisotopic (exact) mass is 494 g/mol. The topological polar surface area (TPSA) is 35.5 Å². The van der Waals surface area contributed by atoms with Crippen molar-refractivity contribution in [2.24, 2.45) is 0 Å². The Morgan fingerprint density at radius 3 is 2.15 bits per heavy atom. The Morgan fingerprint density at radius 2 is 1.64 bits per heavy atom. The molecule has 0 unspecified atom stereocenters. The zero-order valence-electron chi connectivity index (χ0n) is 17.6. The molecule has 0 heterocycles. The van der Waals surface area contributed by atoms with Gasteiger partial charge < -0.3 is 9.47 Å². The molecule has 0 bridgehead atoms. The predicted octanol–water partition coefficient (Wildman–Crippen LogP) is 7.69. The van der Waals surface area contributed by atoms with Crippen LogP contribution in [0.15, 0.2) is 36.4 Å². The van der Waals surface area contributed by atoms with E-state index in [1.165, 1.54) is 12.1 Å². The molecule has 0 amide bonds. The number of alkyl halides is 6. The molecular formula is C23H21ClF6O3. The molecule has 1 aliphatic carbocycles. The Labute approximate surface area is 191 Å². The first-order chi connectivity index (χ1) is 15.3. The fourth-order valence-corrected chi connectivity index (χ4v) is 4.17. The van der Waals surface area contributed by atoms with Crippen molar-refractivity contribution < 1.29 is 40.6 Å². The van der Waals surface area contributed by atoms with Crippen LogP contribution in [-0.2, 0) is 21.3 Å². The number of benzene rings is 2. The number of hydrogen-bond donors (Lipinski definition) is 0. The number of carbonyl (C=O) groups excluding carboxylic acids is 1.